The van der Waals surface area contributed by atoms with E-state index in [1.165, 1.54) is 25.3 Å². The molecule has 0 fully saturated rings. The third-order valence-corrected chi connectivity index (χ3v) is 2.33. The van der Waals surface area contributed by atoms with Crippen LogP contribution in [0.25, 0.3) is 0 Å². The second-order valence-electron chi connectivity index (χ2n) is 4.65. The summed E-state index contributed by atoms with van der Waals surface area (Å²) in [4.78, 5) is 21.7. The summed E-state index contributed by atoms with van der Waals surface area (Å²) < 4.78 is 4.55. The van der Waals surface area contributed by atoms with Gasteiger partial charge < -0.3 is 15.2 Å². The highest BCUT2D eigenvalue weighted by atomic mass is 16.6. The molecule has 1 aromatic carbocycles. The molecule has 0 amide bonds. The van der Waals surface area contributed by atoms with Crippen LogP contribution in [0.4, 0.5) is 11.4 Å². The van der Waals surface area contributed by atoms with E-state index in [2.05, 4.69) is 10.1 Å². The molecule has 0 saturated heterocycles. The smallest absolute Gasteiger partial charge is 0.337 e. The van der Waals surface area contributed by atoms with E-state index in [4.69, 9.17) is 0 Å². The van der Waals surface area contributed by atoms with Crippen molar-refractivity contribution in [2.24, 2.45) is 0 Å². The molecule has 0 aliphatic carbocycles. The maximum atomic E-state index is 11.4. The minimum atomic E-state index is -1.03. The molecule has 0 spiro atoms. The molecule has 104 valence electrons. The van der Waals surface area contributed by atoms with Gasteiger partial charge in [0.25, 0.3) is 5.69 Å². The van der Waals surface area contributed by atoms with Crippen LogP contribution in [0, 0.1) is 10.1 Å². The highest BCUT2D eigenvalue weighted by Crippen LogP contribution is 2.26. The number of hydrogen-bond acceptors (Lipinski definition) is 6. The molecule has 0 saturated carbocycles. The Labute approximate surface area is 110 Å². The van der Waals surface area contributed by atoms with Crippen molar-refractivity contribution in [3.8, 4) is 0 Å². The summed E-state index contributed by atoms with van der Waals surface area (Å²) in [5, 5.41) is 23.2. The van der Waals surface area contributed by atoms with Crippen molar-refractivity contribution in [1.82, 2.24) is 0 Å². The highest BCUT2D eigenvalue weighted by Gasteiger charge is 2.19. The predicted molar refractivity (Wildman–Crippen MR) is 69.2 cm³/mol. The molecular weight excluding hydrogens is 252 g/mol. The van der Waals surface area contributed by atoms with Crippen LogP contribution < -0.4 is 5.32 Å². The molecule has 0 aliphatic heterocycles. The molecule has 1 aromatic rings. The second-order valence-corrected chi connectivity index (χ2v) is 4.65. The minimum Gasteiger partial charge on any atom is -0.465 e. The Hall–Kier alpha value is -2.15. The lowest BCUT2D eigenvalue weighted by Gasteiger charge is -2.18. The highest BCUT2D eigenvalue weighted by molar-refractivity contribution is 5.91. The van der Waals surface area contributed by atoms with Gasteiger partial charge in [-0.15, -0.1) is 0 Å². The number of esters is 1. The van der Waals surface area contributed by atoms with E-state index in [9.17, 15) is 20.0 Å². The van der Waals surface area contributed by atoms with Gasteiger partial charge in [0.2, 0.25) is 0 Å². The number of anilines is 1. The molecule has 0 unspecified atom stereocenters. The van der Waals surface area contributed by atoms with E-state index in [0.29, 0.717) is 0 Å². The van der Waals surface area contributed by atoms with Crippen molar-refractivity contribution in [3.05, 3.63) is 33.9 Å². The Bertz CT molecular complexity index is 493. The van der Waals surface area contributed by atoms with Crippen molar-refractivity contribution in [2.45, 2.75) is 19.4 Å². The lowest BCUT2D eigenvalue weighted by atomic mass is 10.1. The van der Waals surface area contributed by atoms with Crippen molar-refractivity contribution in [1.29, 1.82) is 0 Å². The third-order valence-electron chi connectivity index (χ3n) is 2.33. The molecule has 0 aliphatic rings. The summed E-state index contributed by atoms with van der Waals surface area (Å²) in [6.45, 7) is 3.24. The van der Waals surface area contributed by atoms with Gasteiger partial charge in [-0.05, 0) is 26.0 Å². The number of rotatable bonds is 5. The average molecular weight is 268 g/mol. The van der Waals surface area contributed by atoms with Crippen LogP contribution in [0.1, 0.15) is 24.2 Å². The second kappa shape index (κ2) is 5.66. The molecule has 0 radical (unpaired) electrons. The van der Waals surface area contributed by atoms with E-state index < -0.39 is 16.5 Å². The average Bonchev–Trinajstić information content (AvgIpc) is 2.34. The van der Waals surface area contributed by atoms with E-state index in [1.807, 2.05) is 0 Å². The fraction of sp³-hybridized carbons (Fsp3) is 0.417. The molecule has 7 nitrogen and oxygen atoms in total. The summed E-state index contributed by atoms with van der Waals surface area (Å²) in [6, 6.07) is 3.87. The summed E-state index contributed by atoms with van der Waals surface area (Å²) in [6.07, 6.45) is 0. The number of ether oxygens (including phenoxy) is 1. The topological polar surface area (TPSA) is 102 Å². The molecule has 0 bridgehead atoms. The van der Waals surface area contributed by atoms with Crippen LogP contribution in [0.3, 0.4) is 0 Å². The van der Waals surface area contributed by atoms with Crippen molar-refractivity contribution < 1.29 is 19.6 Å². The molecular formula is C12H16N2O5. The quantitative estimate of drug-likeness (QED) is 0.477. The van der Waals surface area contributed by atoms with Crippen molar-refractivity contribution in [3.63, 3.8) is 0 Å². The van der Waals surface area contributed by atoms with E-state index in [0.717, 1.165) is 0 Å². The molecule has 1 rings (SSSR count). The Balaban J connectivity index is 3.09. The van der Waals surface area contributed by atoms with Gasteiger partial charge in [-0.1, -0.05) is 0 Å². The van der Waals surface area contributed by atoms with Gasteiger partial charge in [-0.3, -0.25) is 10.1 Å². The van der Waals surface area contributed by atoms with Gasteiger partial charge in [-0.25, -0.2) is 4.79 Å². The van der Waals surface area contributed by atoms with E-state index in [-0.39, 0.29) is 23.5 Å². The van der Waals surface area contributed by atoms with E-state index in [1.54, 1.807) is 13.8 Å². The fourth-order valence-electron chi connectivity index (χ4n) is 1.39. The van der Waals surface area contributed by atoms with Gasteiger partial charge in [0, 0.05) is 12.6 Å². The SMILES string of the molecule is COC(=O)c1ccc([N+](=O)[O-])c(NCC(C)(C)O)c1. The molecule has 7 heteroatoms. The van der Waals surface area contributed by atoms with Crippen LogP contribution in [-0.2, 0) is 4.74 Å². The molecule has 0 heterocycles. The summed E-state index contributed by atoms with van der Waals surface area (Å²) in [5.74, 6) is -0.582. The number of nitrogens with one attached hydrogen (secondary N) is 1. The molecule has 2 N–H and O–H groups in total. The molecule has 0 atom stereocenters. The summed E-state index contributed by atoms with van der Waals surface area (Å²) in [7, 11) is 1.23. The molecule has 19 heavy (non-hydrogen) atoms. The number of nitrogens with zero attached hydrogens (tertiary/aromatic N) is 1. The Morgan fingerprint density at radius 1 is 1.53 bits per heavy atom. The van der Waals surface area contributed by atoms with E-state index >= 15 is 0 Å². The largest absolute Gasteiger partial charge is 0.465 e. The Morgan fingerprint density at radius 2 is 2.16 bits per heavy atom. The normalized spacial score (nSPS) is 10.9. The maximum Gasteiger partial charge on any atom is 0.337 e. The monoisotopic (exact) mass is 268 g/mol. The van der Waals surface area contributed by atoms with Crippen LogP contribution in [0.5, 0.6) is 0 Å². The Morgan fingerprint density at radius 3 is 2.63 bits per heavy atom. The van der Waals surface area contributed by atoms with Crippen LogP contribution in [0.2, 0.25) is 0 Å². The van der Waals surface area contributed by atoms with Crippen molar-refractivity contribution in [2.75, 3.05) is 19.0 Å². The maximum absolute atomic E-state index is 11.4. The van der Waals surface area contributed by atoms with Gasteiger partial charge in [0.05, 0.1) is 23.2 Å². The lowest BCUT2D eigenvalue weighted by Crippen LogP contribution is -2.29. The first kappa shape index (κ1) is 14.9. The lowest BCUT2D eigenvalue weighted by molar-refractivity contribution is -0.384. The third kappa shape index (κ3) is 4.22. The predicted octanol–water partition coefficient (Wildman–Crippen LogP) is 1.56. The first-order valence-electron chi connectivity index (χ1n) is 5.57. The van der Waals surface area contributed by atoms with Crippen LogP contribution in [0.15, 0.2) is 18.2 Å². The zero-order valence-corrected chi connectivity index (χ0v) is 11.0. The van der Waals surface area contributed by atoms with Crippen molar-refractivity contribution >= 4 is 17.3 Å². The van der Waals surface area contributed by atoms with Crippen LogP contribution in [-0.4, -0.2) is 35.3 Å². The number of nitro groups is 1. The fourth-order valence-corrected chi connectivity index (χ4v) is 1.39. The summed E-state index contributed by atoms with van der Waals surface area (Å²) in [5.41, 5.74) is -0.840. The zero-order valence-electron chi connectivity index (χ0n) is 11.0. The number of aliphatic hydroxyl groups is 1. The standard InChI is InChI=1S/C12H16N2O5/c1-12(2,16)7-13-9-6-8(11(15)19-3)4-5-10(9)14(17)18/h4-6,13,16H,7H2,1-3H3. The number of carbonyl (C=O) groups is 1. The number of benzene rings is 1. The number of nitro benzene ring substituents is 1. The number of hydrogen-bond donors (Lipinski definition) is 2. The number of carbonyl (C=O) groups excluding carboxylic acids is 1. The zero-order chi connectivity index (χ0) is 14.6. The first-order valence-corrected chi connectivity index (χ1v) is 5.57. The van der Waals surface area contributed by atoms with Gasteiger partial charge in [-0.2, -0.15) is 0 Å². The van der Waals surface area contributed by atoms with Gasteiger partial charge in [0.15, 0.2) is 0 Å². The molecule has 0 aromatic heterocycles. The van der Waals surface area contributed by atoms with Gasteiger partial charge in [0.1, 0.15) is 5.69 Å². The Kier molecular flexibility index (Phi) is 4.44. The minimum absolute atomic E-state index is 0.110. The first-order chi connectivity index (χ1) is 8.74. The van der Waals surface area contributed by atoms with Gasteiger partial charge >= 0.3 is 5.97 Å². The number of methoxy groups -OCH3 is 1. The summed E-state index contributed by atoms with van der Waals surface area (Å²) >= 11 is 0. The van der Waals surface area contributed by atoms with Crippen LogP contribution >= 0.6 is 0 Å².